The Balaban J connectivity index is 1.88. The Labute approximate surface area is 126 Å². The van der Waals surface area contributed by atoms with Gasteiger partial charge in [-0.1, -0.05) is 0 Å². The van der Waals surface area contributed by atoms with Crippen LogP contribution in [0.1, 0.15) is 51.4 Å². The summed E-state index contributed by atoms with van der Waals surface area (Å²) in [6.45, 7) is 2.12. The van der Waals surface area contributed by atoms with Crippen molar-refractivity contribution in [2.75, 3.05) is 7.11 Å². The predicted octanol–water partition coefficient (Wildman–Crippen LogP) is 1.58. The van der Waals surface area contributed by atoms with Gasteiger partial charge < -0.3 is 14.0 Å². The predicted molar refractivity (Wildman–Crippen MR) is 74.5 cm³/mol. The molecule has 6 heteroatoms. The molecule has 3 aliphatic rings. The van der Waals surface area contributed by atoms with Crippen LogP contribution in [0.5, 0.6) is 0 Å². The number of ketones is 2. The number of Topliss-reactive ketones (excluding diaryl/α,β-unsaturated/α-hetero) is 1. The molecule has 22 heavy (non-hydrogen) atoms. The molecule has 6 nitrogen and oxygen atoms in total. The van der Waals surface area contributed by atoms with Crippen LogP contribution in [-0.4, -0.2) is 29.2 Å². The van der Waals surface area contributed by atoms with E-state index in [4.69, 9.17) is 9.47 Å². The smallest absolute Gasteiger partial charge is 0.302 e. The van der Waals surface area contributed by atoms with Crippen LogP contribution in [0.2, 0.25) is 0 Å². The molecule has 2 heterocycles. The molecule has 0 amide bonds. The zero-order chi connectivity index (χ0) is 15.6. The number of ether oxygens (including phenoxy) is 2. The fourth-order valence-corrected chi connectivity index (χ4v) is 3.67. The van der Waals surface area contributed by atoms with E-state index >= 15 is 0 Å². The van der Waals surface area contributed by atoms with Crippen LogP contribution in [0.15, 0.2) is 11.8 Å². The Bertz CT molecular complexity index is 770. The van der Waals surface area contributed by atoms with Gasteiger partial charge in [0.15, 0.2) is 5.76 Å². The molecule has 2 aliphatic carbocycles. The van der Waals surface area contributed by atoms with Gasteiger partial charge in [0.2, 0.25) is 11.6 Å². The molecular formula is C16H15NO5. The van der Waals surface area contributed by atoms with E-state index in [0.29, 0.717) is 28.7 Å². The number of aromatic nitrogens is 1. The van der Waals surface area contributed by atoms with Gasteiger partial charge in [0.1, 0.15) is 12.3 Å². The minimum absolute atomic E-state index is 0.0270. The number of fused-ring (bicyclic) bond motifs is 5. The number of hydrogen-bond acceptors (Lipinski definition) is 5. The Morgan fingerprint density at radius 3 is 2.86 bits per heavy atom. The minimum atomic E-state index is -0.406. The van der Waals surface area contributed by atoms with Crippen LogP contribution in [0.3, 0.4) is 0 Å². The van der Waals surface area contributed by atoms with Crippen LogP contribution in [0, 0.1) is 5.92 Å². The molecular weight excluding hydrogens is 286 g/mol. The maximum atomic E-state index is 12.6. The van der Waals surface area contributed by atoms with Gasteiger partial charge in [0, 0.05) is 36.7 Å². The Morgan fingerprint density at radius 1 is 1.41 bits per heavy atom. The van der Waals surface area contributed by atoms with E-state index in [0.717, 1.165) is 18.7 Å². The third-order valence-corrected chi connectivity index (χ3v) is 4.69. The standard InChI is InChI=1S/C16H15NO5/c1-7(18)22-6-10-13-15(11(19)4-12(21-2)16(13)20)17-5-8-3-9(8)14(10)17/h4,8-9H,3,5-6H2,1-2H3. The summed E-state index contributed by atoms with van der Waals surface area (Å²) in [7, 11) is 1.37. The first-order chi connectivity index (χ1) is 10.5. The van der Waals surface area contributed by atoms with E-state index in [1.54, 1.807) is 0 Å². The molecule has 0 spiro atoms. The topological polar surface area (TPSA) is 74.6 Å². The van der Waals surface area contributed by atoms with Gasteiger partial charge in [-0.3, -0.25) is 14.4 Å². The second-order valence-electron chi connectivity index (χ2n) is 5.99. The molecule has 4 rings (SSSR count). The van der Waals surface area contributed by atoms with Gasteiger partial charge >= 0.3 is 5.97 Å². The van der Waals surface area contributed by atoms with Crippen molar-refractivity contribution in [1.82, 2.24) is 4.57 Å². The molecule has 1 aliphatic heterocycles. The van der Waals surface area contributed by atoms with Crippen LogP contribution in [-0.2, 0) is 27.4 Å². The van der Waals surface area contributed by atoms with Crippen LogP contribution in [0.4, 0.5) is 0 Å². The van der Waals surface area contributed by atoms with Crippen LogP contribution >= 0.6 is 0 Å². The van der Waals surface area contributed by atoms with Gasteiger partial charge in [-0.25, -0.2) is 0 Å². The molecule has 1 saturated carbocycles. The van der Waals surface area contributed by atoms with E-state index in [1.807, 2.05) is 4.57 Å². The lowest BCUT2D eigenvalue weighted by Gasteiger charge is -2.14. The molecule has 1 aromatic rings. The zero-order valence-electron chi connectivity index (χ0n) is 12.3. The summed E-state index contributed by atoms with van der Waals surface area (Å²) in [5.74, 6) is 0.0330. The van der Waals surface area contributed by atoms with Crippen molar-refractivity contribution in [3.05, 3.63) is 34.3 Å². The average Bonchev–Trinajstić information content (AvgIpc) is 3.01. The normalized spacial score (nSPS) is 24.4. The number of esters is 1. The fourth-order valence-electron chi connectivity index (χ4n) is 3.67. The second kappa shape index (κ2) is 4.32. The highest BCUT2D eigenvalue weighted by Crippen LogP contribution is 2.57. The summed E-state index contributed by atoms with van der Waals surface area (Å²) in [5.41, 5.74) is 2.45. The lowest BCUT2D eigenvalue weighted by atomic mass is 9.95. The van der Waals surface area contributed by atoms with E-state index in [1.165, 1.54) is 20.1 Å². The van der Waals surface area contributed by atoms with Crippen molar-refractivity contribution < 1.29 is 23.9 Å². The molecule has 1 aromatic heterocycles. The van der Waals surface area contributed by atoms with Crippen molar-refractivity contribution in [3.63, 3.8) is 0 Å². The Hall–Kier alpha value is -2.37. The van der Waals surface area contributed by atoms with Crippen LogP contribution in [0.25, 0.3) is 0 Å². The quantitative estimate of drug-likeness (QED) is 0.792. The third kappa shape index (κ3) is 1.63. The SMILES string of the molecule is COC1=CC(=O)c2c(c(COC(C)=O)c3n2CC2CC32)C1=O. The number of rotatable bonds is 3. The number of hydrogen-bond donors (Lipinski definition) is 0. The summed E-state index contributed by atoms with van der Waals surface area (Å²) in [6, 6.07) is 0. The van der Waals surface area contributed by atoms with E-state index in [-0.39, 0.29) is 23.9 Å². The van der Waals surface area contributed by atoms with Gasteiger partial charge in [0.05, 0.1) is 12.7 Å². The molecule has 0 aromatic carbocycles. The average molecular weight is 301 g/mol. The first-order valence-electron chi connectivity index (χ1n) is 7.26. The summed E-state index contributed by atoms with van der Waals surface area (Å²) >= 11 is 0. The Morgan fingerprint density at radius 2 is 2.18 bits per heavy atom. The van der Waals surface area contributed by atoms with Gasteiger partial charge in [0.25, 0.3) is 0 Å². The fraction of sp³-hybridized carbons (Fsp3) is 0.438. The number of allylic oxidation sites excluding steroid dienone is 2. The molecule has 0 saturated heterocycles. The molecule has 1 fully saturated rings. The van der Waals surface area contributed by atoms with Crippen molar-refractivity contribution in [2.24, 2.45) is 5.92 Å². The van der Waals surface area contributed by atoms with E-state index in [2.05, 4.69) is 0 Å². The second-order valence-corrected chi connectivity index (χ2v) is 5.99. The summed E-state index contributed by atoms with van der Waals surface area (Å²) < 4.78 is 12.1. The molecule has 2 atom stereocenters. The first-order valence-corrected chi connectivity index (χ1v) is 7.26. The molecule has 0 bridgehead atoms. The molecule has 0 radical (unpaired) electrons. The lowest BCUT2D eigenvalue weighted by molar-refractivity contribution is -0.142. The minimum Gasteiger partial charge on any atom is -0.492 e. The summed E-state index contributed by atoms with van der Waals surface area (Å²) in [4.78, 5) is 36.1. The number of methoxy groups -OCH3 is 1. The van der Waals surface area contributed by atoms with Gasteiger partial charge in [-0.15, -0.1) is 0 Å². The molecule has 0 N–H and O–H groups in total. The third-order valence-electron chi connectivity index (χ3n) is 4.69. The summed E-state index contributed by atoms with van der Waals surface area (Å²) in [5, 5.41) is 0. The number of carbonyl (C=O) groups is 3. The van der Waals surface area contributed by atoms with E-state index < -0.39 is 5.97 Å². The summed E-state index contributed by atoms with van der Waals surface area (Å²) in [6.07, 6.45) is 2.32. The number of carbonyl (C=O) groups excluding carboxylic acids is 3. The van der Waals surface area contributed by atoms with Gasteiger partial charge in [-0.2, -0.15) is 0 Å². The first kappa shape index (κ1) is 13.3. The maximum Gasteiger partial charge on any atom is 0.302 e. The van der Waals surface area contributed by atoms with Crippen molar-refractivity contribution in [2.45, 2.75) is 32.4 Å². The highest BCUT2D eigenvalue weighted by atomic mass is 16.5. The lowest BCUT2D eigenvalue weighted by Crippen LogP contribution is -2.21. The monoisotopic (exact) mass is 301 g/mol. The highest BCUT2D eigenvalue weighted by molar-refractivity contribution is 6.24. The van der Waals surface area contributed by atoms with Crippen molar-refractivity contribution in [3.8, 4) is 0 Å². The highest BCUT2D eigenvalue weighted by Gasteiger charge is 2.51. The number of nitrogens with zero attached hydrogens (tertiary/aromatic N) is 1. The van der Waals surface area contributed by atoms with E-state index in [9.17, 15) is 14.4 Å². The van der Waals surface area contributed by atoms with Crippen LogP contribution < -0.4 is 0 Å². The molecule has 114 valence electrons. The van der Waals surface area contributed by atoms with Gasteiger partial charge in [-0.05, 0) is 12.3 Å². The molecule has 2 unspecified atom stereocenters. The maximum absolute atomic E-state index is 12.6. The Kier molecular flexibility index (Phi) is 2.61. The van der Waals surface area contributed by atoms with Crippen molar-refractivity contribution >= 4 is 17.5 Å². The van der Waals surface area contributed by atoms with Crippen molar-refractivity contribution in [1.29, 1.82) is 0 Å². The largest absolute Gasteiger partial charge is 0.492 e. The zero-order valence-corrected chi connectivity index (χ0v) is 12.3.